The lowest BCUT2D eigenvalue weighted by atomic mass is 10.0. The summed E-state index contributed by atoms with van der Waals surface area (Å²) in [6.45, 7) is 1.23. The number of nitrogens with zero attached hydrogens (tertiary/aromatic N) is 1. The number of hydrogen-bond acceptors (Lipinski definition) is 3. The number of halogens is 3. The Morgan fingerprint density at radius 2 is 2.15 bits per heavy atom. The first kappa shape index (κ1) is 13.7. The molecule has 1 saturated heterocycles. The Morgan fingerprint density at radius 1 is 1.35 bits per heavy atom. The molecule has 0 amide bonds. The van der Waals surface area contributed by atoms with Crippen LogP contribution in [0.1, 0.15) is 17.5 Å². The van der Waals surface area contributed by atoms with Gasteiger partial charge in [0.1, 0.15) is 0 Å². The Morgan fingerprint density at radius 3 is 2.85 bits per heavy atom. The van der Waals surface area contributed by atoms with Crippen LogP contribution in [0.15, 0.2) is 18.2 Å². The Bertz CT molecular complexity index is 518. The van der Waals surface area contributed by atoms with E-state index in [1.807, 2.05) is 18.2 Å². The average Bonchev–Trinajstić information content (AvgIpc) is 2.96. The smallest absolute Gasteiger partial charge is 0.384 e. The zero-order valence-electron chi connectivity index (χ0n) is 11.0. The molecule has 0 bridgehead atoms. The summed E-state index contributed by atoms with van der Waals surface area (Å²) in [5, 5.41) is 13.0. The van der Waals surface area contributed by atoms with Crippen molar-refractivity contribution in [1.29, 1.82) is 0 Å². The van der Waals surface area contributed by atoms with E-state index in [0.29, 0.717) is 6.54 Å². The summed E-state index contributed by atoms with van der Waals surface area (Å²) < 4.78 is 38.4. The predicted molar refractivity (Wildman–Crippen MR) is 69.5 cm³/mol. The first-order chi connectivity index (χ1) is 9.39. The summed E-state index contributed by atoms with van der Waals surface area (Å²) in [4.78, 5) is 1.67. The first-order valence-electron chi connectivity index (χ1n) is 6.75. The fourth-order valence-corrected chi connectivity index (χ4v) is 3.02. The number of anilines is 1. The molecule has 1 aromatic carbocycles. The largest absolute Gasteiger partial charge is 0.418 e. The van der Waals surface area contributed by atoms with Crippen LogP contribution in [0.2, 0.25) is 0 Å². The maximum absolute atomic E-state index is 12.8. The van der Waals surface area contributed by atoms with Crippen LogP contribution in [-0.4, -0.2) is 41.4 Å². The number of rotatable bonds is 2. The number of likely N-dealkylation sites (tertiary alicyclic amines) is 1. The Kier molecular flexibility index (Phi) is 3.17. The third-order valence-corrected chi connectivity index (χ3v) is 4.18. The number of nitrogens with one attached hydrogen (secondary N) is 1. The van der Waals surface area contributed by atoms with Crippen LogP contribution in [0.4, 0.5) is 18.9 Å². The molecule has 3 rings (SSSR count). The second kappa shape index (κ2) is 4.63. The highest BCUT2D eigenvalue weighted by Gasteiger charge is 2.56. The van der Waals surface area contributed by atoms with Crippen LogP contribution < -0.4 is 5.32 Å². The second-order valence-corrected chi connectivity index (χ2v) is 5.62. The molecule has 0 spiro atoms. The highest BCUT2D eigenvalue weighted by atomic mass is 19.4. The Labute approximate surface area is 115 Å². The lowest BCUT2D eigenvalue weighted by Gasteiger charge is -2.26. The van der Waals surface area contributed by atoms with Crippen LogP contribution in [0.25, 0.3) is 0 Å². The molecule has 0 saturated carbocycles. The number of para-hydroxylation sites is 1. The highest BCUT2D eigenvalue weighted by Crippen LogP contribution is 2.38. The number of hydrogen-bond donors (Lipinski definition) is 2. The van der Waals surface area contributed by atoms with Gasteiger partial charge in [-0.3, -0.25) is 4.90 Å². The maximum atomic E-state index is 12.8. The Balaban J connectivity index is 1.73. The lowest BCUT2D eigenvalue weighted by Crippen LogP contribution is -2.47. The zero-order chi connectivity index (χ0) is 14.4. The van der Waals surface area contributed by atoms with Crippen molar-refractivity contribution in [3.05, 3.63) is 29.3 Å². The van der Waals surface area contributed by atoms with Crippen molar-refractivity contribution in [2.24, 2.45) is 0 Å². The topological polar surface area (TPSA) is 35.5 Å². The third-order valence-electron chi connectivity index (χ3n) is 4.18. The number of β-amino-alcohol motifs (C(OH)–C–C–N with tert-alkyl or cyclic N) is 1. The van der Waals surface area contributed by atoms with E-state index >= 15 is 0 Å². The molecule has 1 aromatic rings. The minimum Gasteiger partial charge on any atom is -0.384 e. The summed E-state index contributed by atoms with van der Waals surface area (Å²) in [6, 6.07) is 5.91. The van der Waals surface area contributed by atoms with E-state index in [0.717, 1.165) is 24.2 Å². The van der Waals surface area contributed by atoms with Crippen LogP contribution in [0.5, 0.6) is 0 Å². The van der Waals surface area contributed by atoms with Gasteiger partial charge >= 0.3 is 6.18 Å². The fourth-order valence-electron chi connectivity index (χ4n) is 3.02. The number of fused-ring (bicyclic) bond motifs is 1. The summed E-state index contributed by atoms with van der Waals surface area (Å²) in [5.74, 6) is 0. The predicted octanol–water partition coefficient (Wildman–Crippen LogP) is 2.15. The molecule has 1 fully saturated rings. The van der Waals surface area contributed by atoms with Gasteiger partial charge in [-0.15, -0.1) is 0 Å². The van der Waals surface area contributed by atoms with E-state index < -0.39 is 11.8 Å². The molecule has 20 heavy (non-hydrogen) atoms. The molecule has 0 radical (unpaired) electrons. The summed E-state index contributed by atoms with van der Waals surface area (Å²) in [7, 11) is 0. The van der Waals surface area contributed by atoms with Gasteiger partial charge in [0, 0.05) is 31.9 Å². The van der Waals surface area contributed by atoms with Crippen molar-refractivity contribution in [2.75, 3.05) is 25.0 Å². The molecule has 1 atom stereocenters. The lowest BCUT2D eigenvalue weighted by molar-refractivity contribution is -0.254. The minimum absolute atomic E-state index is 0.251. The molecule has 110 valence electrons. The quantitative estimate of drug-likeness (QED) is 0.874. The van der Waals surface area contributed by atoms with Crippen molar-refractivity contribution in [3.63, 3.8) is 0 Å². The number of benzene rings is 1. The van der Waals surface area contributed by atoms with Crippen LogP contribution >= 0.6 is 0 Å². The molecular weight excluding hydrogens is 269 g/mol. The standard InChI is InChI=1S/C14H17F3N2O/c15-14(16,17)13(20)5-7-19(9-13)8-11-3-1-2-10-4-6-18-12(10)11/h1-3,18,20H,4-9H2. The Hall–Kier alpha value is -1.27. The van der Waals surface area contributed by atoms with Crippen molar-refractivity contribution in [3.8, 4) is 0 Å². The molecule has 0 aliphatic carbocycles. The van der Waals surface area contributed by atoms with Gasteiger partial charge in [-0.1, -0.05) is 18.2 Å². The van der Waals surface area contributed by atoms with E-state index in [9.17, 15) is 18.3 Å². The van der Waals surface area contributed by atoms with E-state index in [2.05, 4.69) is 5.32 Å². The molecular formula is C14H17F3N2O. The van der Waals surface area contributed by atoms with Gasteiger partial charge in [0.25, 0.3) is 0 Å². The molecule has 2 aliphatic heterocycles. The van der Waals surface area contributed by atoms with Gasteiger partial charge in [-0.05, 0) is 24.0 Å². The zero-order valence-corrected chi connectivity index (χ0v) is 11.0. The SMILES string of the molecule is OC1(C(F)(F)F)CCN(Cc2cccc3c2NCC3)C1. The van der Waals surface area contributed by atoms with Crippen LogP contribution in [0.3, 0.4) is 0 Å². The number of aliphatic hydroxyl groups is 1. The van der Waals surface area contributed by atoms with Gasteiger partial charge in [0.15, 0.2) is 5.60 Å². The fraction of sp³-hybridized carbons (Fsp3) is 0.571. The maximum Gasteiger partial charge on any atom is 0.418 e. The second-order valence-electron chi connectivity index (χ2n) is 5.62. The van der Waals surface area contributed by atoms with Gasteiger partial charge < -0.3 is 10.4 Å². The van der Waals surface area contributed by atoms with Gasteiger partial charge in [-0.2, -0.15) is 13.2 Å². The van der Waals surface area contributed by atoms with Crippen molar-refractivity contribution < 1.29 is 18.3 Å². The molecule has 1 unspecified atom stereocenters. The minimum atomic E-state index is -4.56. The summed E-state index contributed by atoms with van der Waals surface area (Å²) in [6.07, 6.45) is -3.85. The molecule has 2 heterocycles. The first-order valence-corrected chi connectivity index (χ1v) is 6.75. The van der Waals surface area contributed by atoms with E-state index in [1.165, 1.54) is 5.56 Å². The van der Waals surface area contributed by atoms with E-state index in [4.69, 9.17) is 0 Å². The molecule has 0 aromatic heterocycles. The van der Waals surface area contributed by atoms with Crippen molar-refractivity contribution in [2.45, 2.75) is 31.2 Å². The molecule has 2 N–H and O–H groups in total. The van der Waals surface area contributed by atoms with E-state index in [1.54, 1.807) is 4.90 Å². The van der Waals surface area contributed by atoms with Crippen molar-refractivity contribution >= 4 is 5.69 Å². The van der Waals surface area contributed by atoms with Crippen LogP contribution in [0, 0.1) is 0 Å². The molecule has 3 nitrogen and oxygen atoms in total. The normalized spacial score (nSPS) is 26.6. The van der Waals surface area contributed by atoms with Gasteiger partial charge in [-0.25, -0.2) is 0 Å². The van der Waals surface area contributed by atoms with Gasteiger partial charge in [0.05, 0.1) is 0 Å². The van der Waals surface area contributed by atoms with Crippen LogP contribution in [-0.2, 0) is 13.0 Å². The van der Waals surface area contributed by atoms with E-state index in [-0.39, 0.29) is 19.5 Å². The summed E-state index contributed by atoms with van der Waals surface area (Å²) in [5.41, 5.74) is 0.715. The van der Waals surface area contributed by atoms with Crippen molar-refractivity contribution in [1.82, 2.24) is 4.90 Å². The monoisotopic (exact) mass is 286 g/mol. The summed E-state index contributed by atoms with van der Waals surface area (Å²) >= 11 is 0. The molecule has 6 heteroatoms. The van der Waals surface area contributed by atoms with Gasteiger partial charge in [0.2, 0.25) is 0 Å². The average molecular weight is 286 g/mol. The molecule has 2 aliphatic rings. The highest BCUT2D eigenvalue weighted by molar-refractivity contribution is 5.61. The number of alkyl halides is 3. The third kappa shape index (κ3) is 2.27.